The summed E-state index contributed by atoms with van der Waals surface area (Å²) in [6, 6.07) is 7.31. The minimum atomic E-state index is -0.201. The maximum Gasteiger partial charge on any atom is 0.123 e. The summed E-state index contributed by atoms with van der Waals surface area (Å²) >= 11 is 0. The van der Waals surface area contributed by atoms with E-state index in [2.05, 4.69) is 6.07 Å². The second-order valence-electron chi connectivity index (χ2n) is 6.02. The van der Waals surface area contributed by atoms with E-state index in [1.165, 1.54) is 6.07 Å². The normalized spacial score (nSPS) is 32.9. The van der Waals surface area contributed by atoms with Gasteiger partial charge in [-0.15, -0.1) is 0 Å². The first-order chi connectivity index (χ1) is 9.13. The van der Waals surface area contributed by atoms with Crippen molar-refractivity contribution in [2.75, 3.05) is 7.11 Å². The van der Waals surface area contributed by atoms with E-state index in [0.29, 0.717) is 0 Å². The minimum Gasteiger partial charge on any atom is -0.496 e. The Labute approximate surface area is 113 Å². The molecule has 1 aromatic carbocycles. The van der Waals surface area contributed by atoms with E-state index < -0.39 is 0 Å². The van der Waals surface area contributed by atoms with Gasteiger partial charge in [0.25, 0.3) is 0 Å². The van der Waals surface area contributed by atoms with Crippen molar-refractivity contribution in [2.45, 2.75) is 43.9 Å². The first-order valence-electron chi connectivity index (χ1n) is 6.88. The average Bonchev–Trinajstić information content (AvgIpc) is 2.49. The van der Waals surface area contributed by atoms with E-state index in [4.69, 9.17) is 4.74 Å². The highest BCUT2D eigenvalue weighted by atomic mass is 19.1. The molecule has 0 radical (unpaired) electrons. The van der Waals surface area contributed by atoms with Crippen LogP contribution in [0.1, 0.15) is 44.1 Å². The lowest BCUT2D eigenvalue weighted by Gasteiger charge is -2.51. The molecule has 0 aliphatic heterocycles. The lowest BCUT2D eigenvalue weighted by atomic mass is 9.52. The first-order valence-corrected chi connectivity index (χ1v) is 6.88. The zero-order valence-electron chi connectivity index (χ0n) is 11.2. The molecule has 0 aromatic heterocycles. The fraction of sp³-hybridized carbons (Fsp3) is 0.562. The van der Waals surface area contributed by atoms with Gasteiger partial charge in [-0.05, 0) is 62.1 Å². The van der Waals surface area contributed by atoms with Crippen molar-refractivity contribution < 1.29 is 9.13 Å². The number of halogens is 1. The van der Waals surface area contributed by atoms with Gasteiger partial charge in [-0.2, -0.15) is 5.26 Å². The lowest BCUT2D eigenvalue weighted by Crippen LogP contribution is -2.43. The van der Waals surface area contributed by atoms with Gasteiger partial charge >= 0.3 is 0 Å². The second-order valence-corrected chi connectivity index (χ2v) is 6.02. The highest BCUT2D eigenvalue weighted by molar-refractivity contribution is 5.42. The number of ether oxygens (including phenoxy) is 1. The zero-order chi connectivity index (χ0) is 13.5. The van der Waals surface area contributed by atoms with Crippen LogP contribution in [-0.2, 0) is 5.41 Å². The third-order valence-electron chi connectivity index (χ3n) is 5.22. The average molecular weight is 259 g/mol. The predicted molar refractivity (Wildman–Crippen MR) is 70.4 cm³/mol. The van der Waals surface area contributed by atoms with Crippen LogP contribution in [0.15, 0.2) is 18.2 Å². The summed E-state index contributed by atoms with van der Waals surface area (Å²) in [5.74, 6) is 0.584. The molecular formula is C16H18FNO. The fourth-order valence-corrected chi connectivity index (χ4v) is 3.85. The van der Waals surface area contributed by atoms with Crippen molar-refractivity contribution in [3.8, 4) is 11.8 Å². The molecule has 19 heavy (non-hydrogen) atoms. The summed E-state index contributed by atoms with van der Waals surface area (Å²) in [6.07, 6.45) is 5.72. The Balaban J connectivity index is 2.00. The van der Waals surface area contributed by atoms with Crippen molar-refractivity contribution >= 4 is 0 Å². The number of fused-ring (bicyclic) bond motifs is 3. The molecule has 3 saturated carbocycles. The van der Waals surface area contributed by atoms with Gasteiger partial charge in [0.05, 0.1) is 18.6 Å². The molecule has 3 heteroatoms. The molecule has 100 valence electrons. The third-order valence-corrected chi connectivity index (χ3v) is 5.22. The Morgan fingerprint density at radius 2 is 1.79 bits per heavy atom. The van der Waals surface area contributed by atoms with Gasteiger partial charge in [-0.3, -0.25) is 0 Å². The highest BCUT2D eigenvalue weighted by Crippen LogP contribution is 2.58. The zero-order valence-corrected chi connectivity index (χ0v) is 11.2. The van der Waals surface area contributed by atoms with E-state index in [0.717, 1.165) is 49.8 Å². The standard InChI is InChI=1S/C16H18FNO/c1-19-14-3-2-12(17)10-13(14)16-7-4-15(11-18,5-8-16)6-9-16/h2-3,10H,4-9H2,1H3. The quantitative estimate of drug-likeness (QED) is 0.805. The van der Waals surface area contributed by atoms with Gasteiger partial charge in [0.15, 0.2) is 0 Å². The molecular weight excluding hydrogens is 241 g/mol. The highest BCUT2D eigenvalue weighted by Gasteiger charge is 2.50. The van der Waals surface area contributed by atoms with Crippen LogP contribution in [0, 0.1) is 22.6 Å². The van der Waals surface area contributed by atoms with E-state index in [9.17, 15) is 9.65 Å². The fourth-order valence-electron chi connectivity index (χ4n) is 3.85. The maximum absolute atomic E-state index is 13.6. The number of methoxy groups -OCH3 is 1. The van der Waals surface area contributed by atoms with Crippen molar-refractivity contribution in [1.82, 2.24) is 0 Å². The lowest BCUT2D eigenvalue weighted by molar-refractivity contribution is 0.0828. The van der Waals surface area contributed by atoms with Gasteiger partial charge in [-0.1, -0.05) is 0 Å². The van der Waals surface area contributed by atoms with Crippen molar-refractivity contribution in [3.05, 3.63) is 29.6 Å². The molecule has 1 aromatic rings. The smallest absolute Gasteiger partial charge is 0.123 e. The second kappa shape index (κ2) is 4.23. The van der Waals surface area contributed by atoms with E-state index in [-0.39, 0.29) is 16.6 Å². The molecule has 0 atom stereocenters. The van der Waals surface area contributed by atoms with Crippen LogP contribution < -0.4 is 4.74 Å². The van der Waals surface area contributed by atoms with Crippen LogP contribution in [0.25, 0.3) is 0 Å². The molecule has 3 fully saturated rings. The van der Waals surface area contributed by atoms with Crippen molar-refractivity contribution in [1.29, 1.82) is 5.26 Å². The summed E-state index contributed by atoms with van der Waals surface area (Å²) in [5.41, 5.74) is 0.912. The van der Waals surface area contributed by atoms with Gasteiger partial charge < -0.3 is 4.74 Å². The number of hydrogen-bond donors (Lipinski definition) is 0. The van der Waals surface area contributed by atoms with Crippen LogP contribution >= 0.6 is 0 Å². The van der Waals surface area contributed by atoms with Crippen LogP contribution in [0.5, 0.6) is 5.75 Å². The SMILES string of the molecule is COc1ccc(F)cc1C12CCC(C#N)(CC1)CC2. The molecule has 3 aliphatic rings. The largest absolute Gasteiger partial charge is 0.496 e. The summed E-state index contributed by atoms with van der Waals surface area (Å²) in [5, 5.41) is 9.33. The number of nitriles is 1. The van der Waals surface area contributed by atoms with E-state index >= 15 is 0 Å². The molecule has 0 spiro atoms. The van der Waals surface area contributed by atoms with E-state index in [1.54, 1.807) is 19.2 Å². The number of nitrogens with zero attached hydrogens (tertiary/aromatic N) is 1. The van der Waals surface area contributed by atoms with Gasteiger partial charge in [0, 0.05) is 5.56 Å². The Morgan fingerprint density at radius 3 is 2.32 bits per heavy atom. The van der Waals surface area contributed by atoms with Crippen LogP contribution in [0.4, 0.5) is 4.39 Å². The van der Waals surface area contributed by atoms with Crippen LogP contribution in [-0.4, -0.2) is 7.11 Å². The Bertz CT molecular complexity index is 522. The summed E-state index contributed by atoms with van der Waals surface area (Å²) in [4.78, 5) is 0. The molecule has 3 aliphatic carbocycles. The van der Waals surface area contributed by atoms with Gasteiger partial charge in [0.1, 0.15) is 11.6 Å². The molecule has 0 heterocycles. The number of hydrogen-bond acceptors (Lipinski definition) is 2. The molecule has 0 amide bonds. The molecule has 0 unspecified atom stereocenters. The molecule has 0 N–H and O–H groups in total. The van der Waals surface area contributed by atoms with E-state index in [1.807, 2.05) is 0 Å². The molecule has 2 nitrogen and oxygen atoms in total. The summed E-state index contributed by atoms with van der Waals surface area (Å²) in [7, 11) is 1.64. The maximum atomic E-state index is 13.6. The monoisotopic (exact) mass is 259 g/mol. The molecule has 4 rings (SSSR count). The topological polar surface area (TPSA) is 33.0 Å². The van der Waals surface area contributed by atoms with Crippen LogP contribution in [0.3, 0.4) is 0 Å². The van der Waals surface area contributed by atoms with Gasteiger partial charge in [-0.25, -0.2) is 4.39 Å². The molecule has 2 bridgehead atoms. The van der Waals surface area contributed by atoms with Crippen molar-refractivity contribution in [2.24, 2.45) is 5.41 Å². The third kappa shape index (κ3) is 1.82. The summed E-state index contributed by atoms with van der Waals surface area (Å²) < 4.78 is 19.0. The first kappa shape index (κ1) is 12.5. The van der Waals surface area contributed by atoms with Gasteiger partial charge in [0.2, 0.25) is 0 Å². The summed E-state index contributed by atoms with van der Waals surface area (Å²) in [6.45, 7) is 0. The number of benzene rings is 1. The minimum absolute atomic E-state index is 0.0199. The predicted octanol–water partition coefficient (Wildman–Crippen LogP) is 3.95. The Hall–Kier alpha value is -1.56. The molecule has 0 saturated heterocycles. The Morgan fingerprint density at radius 1 is 1.16 bits per heavy atom. The van der Waals surface area contributed by atoms with Crippen LogP contribution in [0.2, 0.25) is 0 Å². The number of rotatable bonds is 2. The van der Waals surface area contributed by atoms with Crippen molar-refractivity contribution in [3.63, 3.8) is 0 Å². The Kier molecular flexibility index (Phi) is 2.78.